The highest BCUT2D eigenvalue weighted by Gasteiger charge is 2.10. The topological polar surface area (TPSA) is 67.4 Å². The molecule has 7 nitrogen and oxygen atoms in total. The highest BCUT2D eigenvalue weighted by molar-refractivity contribution is 14.0. The maximum Gasteiger partial charge on any atom is 0.191 e. The smallest absolute Gasteiger partial charge is 0.191 e. The first-order chi connectivity index (χ1) is 12.2. The molecule has 1 aliphatic heterocycles. The number of nitrogens with one attached hydrogen (secondary N) is 2. The molecule has 0 saturated carbocycles. The van der Waals surface area contributed by atoms with Gasteiger partial charge in [0.2, 0.25) is 0 Å². The number of aliphatic imine (C=N–C) groups is 1. The number of morpholine rings is 1. The molecule has 1 aromatic carbocycles. The second-order valence-electron chi connectivity index (χ2n) is 5.94. The van der Waals surface area contributed by atoms with E-state index in [2.05, 4.69) is 20.5 Å². The molecule has 26 heavy (non-hydrogen) atoms. The van der Waals surface area contributed by atoms with E-state index < -0.39 is 0 Å². The molecule has 1 atom stereocenters. The fourth-order valence-corrected chi connectivity index (χ4v) is 2.57. The van der Waals surface area contributed by atoms with E-state index in [0.717, 1.165) is 56.9 Å². The Hall–Kier alpha value is -1.26. The SMILES string of the molecule is CN=C(NCCN1CCOCC1)NCC(C)Oc1cccc(OC)c1.I. The van der Waals surface area contributed by atoms with E-state index >= 15 is 0 Å². The molecule has 1 unspecified atom stereocenters. The van der Waals surface area contributed by atoms with Crippen LogP contribution in [0.15, 0.2) is 29.3 Å². The number of nitrogens with zero attached hydrogens (tertiary/aromatic N) is 2. The van der Waals surface area contributed by atoms with Crippen molar-refractivity contribution in [1.29, 1.82) is 0 Å². The minimum atomic E-state index is 0. The van der Waals surface area contributed by atoms with Crippen LogP contribution in [0.2, 0.25) is 0 Å². The summed E-state index contributed by atoms with van der Waals surface area (Å²) in [5.41, 5.74) is 0. The van der Waals surface area contributed by atoms with Crippen LogP contribution in [-0.2, 0) is 4.74 Å². The zero-order valence-corrected chi connectivity index (χ0v) is 18.2. The van der Waals surface area contributed by atoms with E-state index in [4.69, 9.17) is 14.2 Å². The lowest BCUT2D eigenvalue weighted by atomic mass is 10.3. The summed E-state index contributed by atoms with van der Waals surface area (Å²) in [6, 6.07) is 7.62. The first-order valence-corrected chi connectivity index (χ1v) is 8.76. The number of halogens is 1. The summed E-state index contributed by atoms with van der Waals surface area (Å²) in [6.07, 6.45) is 0.00454. The molecule has 0 spiro atoms. The average Bonchev–Trinajstić information content (AvgIpc) is 2.65. The summed E-state index contributed by atoms with van der Waals surface area (Å²) < 4.78 is 16.5. The van der Waals surface area contributed by atoms with E-state index in [1.165, 1.54) is 0 Å². The van der Waals surface area contributed by atoms with Crippen LogP contribution in [0, 0.1) is 0 Å². The molecule has 1 fully saturated rings. The maximum atomic E-state index is 5.90. The van der Waals surface area contributed by atoms with Crippen LogP contribution >= 0.6 is 24.0 Å². The van der Waals surface area contributed by atoms with Gasteiger partial charge in [0, 0.05) is 39.3 Å². The number of rotatable bonds is 8. The van der Waals surface area contributed by atoms with Crippen LogP contribution < -0.4 is 20.1 Å². The Morgan fingerprint density at radius 2 is 2.00 bits per heavy atom. The Bertz CT molecular complexity index is 539. The first kappa shape index (κ1) is 22.8. The molecule has 1 heterocycles. The molecule has 0 aliphatic carbocycles. The van der Waals surface area contributed by atoms with Gasteiger partial charge in [-0.2, -0.15) is 0 Å². The van der Waals surface area contributed by atoms with E-state index in [9.17, 15) is 0 Å². The number of guanidine groups is 1. The number of hydrogen-bond donors (Lipinski definition) is 2. The number of benzene rings is 1. The average molecular weight is 478 g/mol. The van der Waals surface area contributed by atoms with Crippen molar-refractivity contribution in [2.75, 3.05) is 60.1 Å². The molecule has 8 heteroatoms. The monoisotopic (exact) mass is 478 g/mol. The van der Waals surface area contributed by atoms with Crippen molar-refractivity contribution < 1.29 is 14.2 Å². The summed E-state index contributed by atoms with van der Waals surface area (Å²) >= 11 is 0. The molecule has 1 aromatic rings. The molecule has 0 aromatic heterocycles. The maximum absolute atomic E-state index is 5.90. The predicted octanol–water partition coefficient (Wildman–Crippen LogP) is 1.58. The van der Waals surface area contributed by atoms with E-state index in [1.54, 1.807) is 14.2 Å². The highest BCUT2D eigenvalue weighted by atomic mass is 127. The minimum absolute atomic E-state index is 0. The largest absolute Gasteiger partial charge is 0.497 e. The number of methoxy groups -OCH3 is 1. The normalized spacial score (nSPS) is 16.3. The van der Waals surface area contributed by atoms with Crippen LogP contribution in [0.4, 0.5) is 0 Å². The van der Waals surface area contributed by atoms with Crippen LogP contribution in [0.3, 0.4) is 0 Å². The molecular weight excluding hydrogens is 447 g/mol. The van der Waals surface area contributed by atoms with Gasteiger partial charge < -0.3 is 24.8 Å². The van der Waals surface area contributed by atoms with Gasteiger partial charge in [-0.15, -0.1) is 24.0 Å². The highest BCUT2D eigenvalue weighted by Crippen LogP contribution is 2.19. The lowest BCUT2D eigenvalue weighted by Crippen LogP contribution is -2.46. The first-order valence-electron chi connectivity index (χ1n) is 8.76. The molecule has 1 saturated heterocycles. The number of hydrogen-bond acceptors (Lipinski definition) is 5. The molecule has 0 bridgehead atoms. The lowest BCUT2D eigenvalue weighted by Gasteiger charge is -2.26. The molecule has 0 radical (unpaired) electrons. The van der Waals surface area contributed by atoms with Gasteiger partial charge in [0.25, 0.3) is 0 Å². The summed E-state index contributed by atoms with van der Waals surface area (Å²) in [4.78, 5) is 6.64. The third-order valence-corrected chi connectivity index (χ3v) is 3.98. The second-order valence-corrected chi connectivity index (χ2v) is 5.94. The third kappa shape index (κ3) is 8.41. The van der Waals surface area contributed by atoms with Gasteiger partial charge in [0.1, 0.15) is 17.6 Å². The molecule has 2 N–H and O–H groups in total. The third-order valence-electron chi connectivity index (χ3n) is 3.98. The van der Waals surface area contributed by atoms with Crippen LogP contribution in [-0.4, -0.2) is 77.1 Å². The van der Waals surface area contributed by atoms with Gasteiger partial charge in [-0.25, -0.2) is 0 Å². The van der Waals surface area contributed by atoms with Crippen molar-refractivity contribution in [3.05, 3.63) is 24.3 Å². The zero-order chi connectivity index (χ0) is 17.9. The Kier molecular flexibility index (Phi) is 11.4. The summed E-state index contributed by atoms with van der Waals surface area (Å²) in [5.74, 6) is 2.37. The van der Waals surface area contributed by atoms with Gasteiger partial charge in [-0.3, -0.25) is 9.89 Å². The van der Waals surface area contributed by atoms with Gasteiger partial charge in [-0.1, -0.05) is 6.07 Å². The fraction of sp³-hybridized carbons (Fsp3) is 0.611. The van der Waals surface area contributed by atoms with E-state index in [-0.39, 0.29) is 30.1 Å². The summed E-state index contributed by atoms with van der Waals surface area (Å²) in [7, 11) is 3.42. The Morgan fingerprint density at radius 3 is 2.69 bits per heavy atom. The Labute approximate surface area is 173 Å². The van der Waals surface area contributed by atoms with Crippen molar-refractivity contribution in [1.82, 2.24) is 15.5 Å². The van der Waals surface area contributed by atoms with Crippen LogP contribution in [0.25, 0.3) is 0 Å². The lowest BCUT2D eigenvalue weighted by molar-refractivity contribution is 0.0389. The fourth-order valence-electron chi connectivity index (χ4n) is 2.57. The molecule has 2 rings (SSSR count). The van der Waals surface area contributed by atoms with Crippen molar-refractivity contribution in [3.8, 4) is 11.5 Å². The van der Waals surface area contributed by atoms with Gasteiger partial charge in [-0.05, 0) is 19.1 Å². The van der Waals surface area contributed by atoms with Gasteiger partial charge in [0.05, 0.1) is 26.9 Å². The van der Waals surface area contributed by atoms with Crippen molar-refractivity contribution in [2.24, 2.45) is 4.99 Å². The van der Waals surface area contributed by atoms with Crippen LogP contribution in [0.1, 0.15) is 6.92 Å². The van der Waals surface area contributed by atoms with E-state index in [0.29, 0.717) is 6.54 Å². The minimum Gasteiger partial charge on any atom is -0.497 e. The number of ether oxygens (including phenoxy) is 3. The second kappa shape index (κ2) is 13.0. The molecule has 1 aliphatic rings. The molecule has 148 valence electrons. The Balaban J connectivity index is 0.00000338. The quantitative estimate of drug-likeness (QED) is 0.336. The van der Waals surface area contributed by atoms with Crippen LogP contribution in [0.5, 0.6) is 11.5 Å². The molecule has 0 amide bonds. The predicted molar refractivity (Wildman–Crippen MR) is 115 cm³/mol. The van der Waals surface area contributed by atoms with Crippen molar-refractivity contribution in [2.45, 2.75) is 13.0 Å². The molecular formula is C18H31IN4O3. The van der Waals surface area contributed by atoms with Crippen molar-refractivity contribution in [3.63, 3.8) is 0 Å². The Morgan fingerprint density at radius 1 is 1.27 bits per heavy atom. The standard InChI is InChI=1S/C18H30N4O3.HI/c1-15(25-17-6-4-5-16(13-17)23-3)14-21-18(19-2)20-7-8-22-9-11-24-12-10-22;/h4-6,13,15H,7-12,14H2,1-3H3,(H2,19,20,21);1H. The van der Waals surface area contributed by atoms with Gasteiger partial charge in [0.15, 0.2) is 5.96 Å². The van der Waals surface area contributed by atoms with Gasteiger partial charge >= 0.3 is 0 Å². The van der Waals surface area contributed by atoms with Crippen molar-refractivity contribution >= 4 is 29.9 Å². The summed E-state index contributed by atoms with van der Waals surface area (Å²) in [5, 5.41) is 6.63. The zero-order valence-electron chi connectivity index (χ0n) is 15.9. The van der Waals surface area contributed by atoms with E-state index in [1.807, 2.05) is 31.2 Å². The summed E-state index contributed by atoms with van der Waals surface area (Å²) in [6.45, 7) is 8.17.